The molecule has 0 fully saturated rings. The summed E-state index contributed by atoms with van der Waals surface area (Å²) >= 11 is 0. The molecule has 0 bridgehead atoms. The predicted molar refractivity (Wildman–Crippen MR) is 70.6 cm³/mol. The topological polar surface area (TPSA) is 49.5 Å². The highest BCUT2D eigenvalue weighted by Crippen LogP contribution is 2.10. The molecule has 0 spiro atoms. The van der Waals surface area contributed by atoms with E-state index in [1.807, 2.05) is 6.92 Å². The quantitative estimate of drug-likeness (QED) is 0.564. The maximum absolute atomic E-state index is 9.03. The molecule has 0 saturated heterocycles. The fraction of sp³-hybridized carbons (Fsp3) is 1.00. The van der Waals surface area contributed by atoms with Crippen LogP contribution in [0.3, 0.4) is 0 Å². The van der Waals surface area contributed by atoms with Crippen molar-refractivity contribution < 1.29 is 5.11 Å². The van der Waals surface area contributed by atoms with Crippen LogP contribution in [-0.4, -0.2) is 41.8 Å². The van der Waals surface area contributed by atoms with Crippen LogP contribution in [0, 0.1) is 0 Å². The minimum atomic E-state index is -0.388. The van der Waals surface area contributed by atoms with Crippen molar-refractivity contribution in [1.82, 2.24) is 4.90 Å². The van der Waals surface area contributed by atoms with Gasteiger partial charge in [-0.25, -0.2) is 0 Å². The van der Waals surface area contributed by atoms with Crippen LogP contribution in [0.25, 0.3) is 0 Å². The van der Waals surface area contributed by atoms with Gasteiger partial charge in [-0.2, -0.15) is 0 Å². The van der Waals surface area contributed by atoms with E-state index in [4.69, 9.17) is 10.8 Å². The van der Waals surface area contributed by atoms with Crippen LogP contribution in [0.5, 0.6) is 0 Å². The van der Waals surface area contributed by atoms with Gasteiger partial charge >= 0.3 is 0 Å². The Kier molecular flexibility index (Phi) is 8.90. The monoisotopic (exact) mass is 230 g/mol. The molecule has 16 heavy (non-hydrogen) atoms. The molecular weight excluding hydrogens is 200 g/mol. The number of aliphatic hydroxyl groups is 1. The van der Waals surface area contributed by atoms with E-state index in [-0.39, 0.29) is 12.1 Å². The third-order valence-corrected chi connectivity index (χ3v) is 3.11. The van der Waals surface area contributed by atoms with Gasteiger partial charge in [-0.05, 0) is 45.8 Å². The molecule has 0 heterocycles. The first-order valence-electron chi connectivity index (χ1n) is 6.67. The first-order chi connectivity index (χ1) is 7.55. The minimum Gasteiger partial charge on any atom is -0.394 e. The van der Waals surface area contributed by atoms with E-state index in [2.05, 4.69) is 18.7 Å². The number of rotatable bonds is 10. The lowest BCUT2D eigenvalue weighted by molar-refractivity contribution is 0.194. The van der Waals surface area contributed by atoms with Gasteiger partial charge in [0, 0.05) is 5.54 Å². The number of nitrogens with zero attached hydrogens (tertiary/aromatic N) is 1. The lowest BCUT2D eigenvalue weighted by atomic mass is 9.97. The lowest BCUT2D eigenvalue weighted by Gasteiger charge is -2.23. The third kappa shape index (κ3) is 8.08. The van der Waals surface area contributed by atoms with Crippen molar-refractivity contribution in [2.24, 2.45) is 5.73 Å². The summed E-state index contributed by atoms with van der Waals surface area (Å²) < 4.78 is 0. The van der Waals surface area contributed by atoms with E-state index in [1.165, 1.54) is 25.8 Å². The number of hydrogen-bond acceptors (Lipinski definition) is 3. The van der Waals surface area contributed by atoms with Gasteiger partial charge in [0.1, 0.15) is 0 Å². The molecule has 0 aliphatic carbocycles. The van der Waals surface area contributed by atoms with Crippen molar-refractivity contribution in [3.05, 3.63) is 0 Å². The number of unbranched alkanes of at least 4 members (excludes halogenated alkanes) is 2. The summed E-state index contributed by atoms with van der Waals surface area (Å²) in [4.78, 5) is 2.50. The average molecular weight is 230 g/mol. The van der Waals surface area contributed by atoms with Crippen LogP contribution >= 0.6 is 0 Å². The molecular formula is C13H30N2O. The Labute approximate surface area is 101 Å². The van der Waals surface area contributed by atoms with Gasteiger partial charge in [-0.3, -0.25) is 0 Å². The summed E-state index contributed by atoms with van der Waals surface area (Å²) in [7, 11) is 0. The van der Waals surface area contributed by atoms with Crippen molar-refractivity contribution in [1.29, 1.82) is 0 Å². The fourth-order valence-corrected chi connectivity index (χ4v) is 1.75. The Morgan fingerprint density at radius 1 is 1.12 bits per heavy atom. The summed E-state index contributed by atoms with van der Waals surface area (Å²) in [6.45, 7) is 9.97. The second-order valence-corrected chi connectivity index (χ2v) is 5.06. The van der Waals surface area contributed by atoms with Crippen LogP contribution in [0.2, 0.25) is 0 Å². The predicted octanol–water partition coefficient (Wildman–Crippen LogP) is 1.99. The van der Waals surface area contributed by atoms with E-state index in [9.17, 15) is 0 Å². The highest BCUT2D eigenvalue weighted by Gasteiger charge is 2.15. The van der Waals surface area contributed by atoms with Gasteiger partial charge in [0.15, 0.2) is 0 Å². The molecule has 0 rings (SSSR count). The molecule has 0 saturated carbocycles. The smallest absolute Gasteiger partial charge is 0.0608 e. The Balaban J connectivity index is 3.55. The minimum absolute atomic E-state index is 0.0837. The normalized spacial score (nSPS) is 15.4. The van der Waals surface area contributed by atoms with Gasteiger partial charge < -0.3 is 15.7 Å². The molecule has 3 N–H and O–H groups in total. The van der Waals surface area contributed by atoms with Crippen LogP contribution in [-0.2, 0) is 0 Å². The Morgan fingerprint density at radius 3 is 2.25 bits per heavy atom. The SMILES string of the molecule is CCCCN(CC)CCCCC(C)(N)CO. The summed E-state index contributed by atoms with van der Waals surface area (Å²) in [5.74, 6) is 0. The zero-order valence-electron chi connectivity index (χ0n) is 11.3. The first kappa shape index (κ1) is 15.9. The molecule has 1 atom stereocenters. The second-order valence-electron chi connectivity index (χ2n) is 5.06. The van der Waals surface area contributed by atoms with Gasteiger partial charge in [0.05, 0.1) is 6.61 Å². The zero-order valence-corrected chi connectivity index (χ0v) is 11.3. The molecule has 0 aromatic rings. The highest BCUT2D eigenvalue weighted by molar-refractivity contribution is 4.76. The maximum atomic E-state index is 9.03. The van der Waals surface area contributed by atoms with Crippen molar-refractivity contribution in [3.8, 4) is 0 Å². The van der Waals surface area contributed by atoms with Gasteiger partial charge in [0.25, 0.3) is 0 Å². The van der Waals surface area contributed by atoms with Gasteiger partial charge in [0.2, 0.25) is 0 Å². The summed E-state index contributed by atoms with van der Waals surface area (Å²) in [5.41, 5.74) is 5.49. The number of nitrogens with two attached hydrogens (primary N) is 1. The van der Waals surface area contributed by atoms with E-state index in [0.717, 1.165) is 25.9 Å². The molecule has 3 heteroatoms. The molecule has 0 amide bonds. The standard InChI is InChI=1S/C13H30N2O/c1-4-6-10-15(5-2)11-8-7-9-13(3,14)12-16/h16H,4-12,14H2,1-3H3. The molecule has 0 aromatic heterocycles. The number of hydrogen-bond donors (Lipinski definition) is 2. The summed E-state index contributed by atoms with van der Waals surface area (Å²) in [6, 6.07) is 0. The molecule has 0 aliphatic heterocycles. The molecule has 0 aromatic carbocycles. The molecule has 0 radical (unpaired) electrons. The Bertz CT molecular complexity index is 160. The zero-order chi connectivity index (χ0) is 12.4. The Hall–Kier alpha value is -0.120. The summed E-state index contributed by atoms with van der Waals surface area (Å²) in [5, 5.41) is 9.03. The molecule has 3 nitrogen and oxygen atoms in total. The molecule has 0 aliphatic rings. The van der Waals surface area contributed by atoms with Gasteiger partial charge in [-0.1, -0.05) is 26.7 Å². The van der Waals surface area contributed by atoms with E-state index < -0.39 is 0 Å². The van der Waals surface area contributed by atoms with Crippen molar-refractivity contribution in [2.45, 2.75) is 58.4 Å². The largest absolute Gasteiger partial charge is 0.394 e. The van der Waals surface area contributed by atoms with Crippen LogP contribution in [0.15, 0.2) is 0 Å². The van der Waals surface area contributed by atoms with Crippen molar-refractivity contribution in [2.75, 3.05) is 26.2 Å². The molecule has 98 valence electrons. The lowest BCUT2D eigenvalue weighted by Crippen LogP contribution is -2.40. The fourth-order valence-electron chi connectivity index (χ4n) is 1.75. The average Bonchev–Trinajstić information content (AvgIpc) is 2.28. The summed E-state index contributed by atoms with van der Waals surface area (Å²) in [6.07, 6.45) is 5.76. The van der Waals surface area contributed by atoms with Crippen LogP contribution < -0.4 is 5.73 Å². The van der Waals surface area contributed by atoms with Crippen LogP contribution in [0.4, 0.5) is 0 Å². The Morgan fingerprint density at radius 2 is 1.75 bits per heavy atom. The third-order valence-electron chi connectivity index (χ3n) is 3.11. The van der Waals surface area contributed by atoms with E-state index in [0.29, 0.717) is 0 Å². The number of aliphatic hydroxyl groups excluding tert-OH is 1. The van der Waals surface area contributed by atoms with E-state index >= 15 is 0 Å². The second kappa shape index (κ2) is 8.97. The molecule has 1 unspecified atom stereocenters. The van der Waals surface area contributed by atoms with Crippen molar-refractivity contribution in [3.63, 3.8) is 0 Å². The van der Waals surface area contributed by atoms with Gasteiger partial charge in [-0.15, -0.1) is 0 Å². The first-order valence-corrected chi connectivity index (χ1v) is 6.67. The van der Waals surface area contributed by atoms with E-state index in [1.54, 1.807) is 0 Å². The van der Waals surface area contributed by atoms with Crippen LogP contribution in [0.1, 0.15) is 52.9 Å². The highest BCUT2D eigenvalue weighted by atomic mass is 16.3. The maximum Gasteiger partial charge on any atom is 0.0608 e. The van der Waals surface area contributed by atoms with Crippen molar-refractivity contribution >= 4 is 0 Å².